The molecule has 2 fully saturated rings. The number of hydrogen-bond acceptors (Lipinski definition) is 5. The van der Waals surface area contributed by atoms with Gasteiger partial charge >= 0.3 is 0 Å². The van der Waals surface area contributed by atoms with Crippen molar-refractivity contribution in [3.8, 4) is 17.2 Å². The summed E-state index contributed by atoms with van der Waals surface area (Å²) in [6.07, 6.45) is 2.30. The van der Waals surface area contributed by atoms with Gasteiger partial charge in [0.2, 0.25) is 0 Å². The molecule has 3 rings (SSSR count). The second-order valence-electron chi connectivity index (χ2n) is 7.15. The average Bonchev–Trinajstić information content (AvgIpc) is 3.34. The molecule has 0 radical (unpaired) electrons. The van der Waals surface area contributed by atoms with Gasteiger partial charge in [-0.05, 0) is 19.8 Å². The number of benzene rings is 1. The van der Waals surface area contributed by atoms with Crippen molar-refractivity contribution in [2.24, 2.45) is 10.4 Å². The third-order valence-electron chi connectivity index (χ3n) is 5.46. The number of nitrogens with zero attached hydrogens (tertiary/aromatic N) is 2. The topological polar surface area (TPSA) is 64.6 Å². The zero-order chi connectivity index (χ0) is 19.3. The Morgan fingerprint density at radius 2 is 1.93 bits per heavy atom. The zero-order valence-corrected chi connectivity index (χ0v) is 16.8. The van der Waals surface area contributed by atoms with Gasteiger partial charge in [-0.15, -0.1) is 0 Å². The van der Waals surface area contributed by atoms with Crippen molar-refractivity contribution in [3.63, 3.8) is 0 Å². The largest absolute Gasteiger partial charge is 0.496 e. The molecule has 0 aliphatic carbocycles. The Morgan fingerprint density at radius 1 is 1.19 bits per heavy atom. The monoisotopic (exact) mass is 377 g/mol. The number of likely N-dealkylation sites (tertiary alicyclic amines) is 1. The van der Waals surface area contributed by atoms with Gasteiger partial charge in [0.25, 0.3) is 0 Å². The minimum absolute atomic E-state index is 0.297. The number of methoxy groups -OCH3 is 3. The molecule has 27 heavy (non-hydrogen) atoms. The van der Waals surface area contributed by atoms with Gasteiger partial charge in [0.15, 0.2) is 5.96 Å². The van der Waals surface area contributed by atoms with Crippen LogP contribution in [0.1, 0.15) is 25.3 Å². The number of aliphatic imine (C=N–C) groups is 1. The van der Waals surface area contributed by atoms with Crippen molar-refractivity contribution in [2.75, 3.05) is 54.2 Å². The fourth-order valence-corrected chi connectivity index (χ4v) is 3.90. The summed E-state index contributed by atoms with van der Waals surface area (Å²) >= 11 is 0. The van der Waals surface area contributed by atoms with Crippen molar-refractivity contribution < 1.29 is 18.9 Å². The van der Waals surface area contributed by atoms with Gasteiger partial charge in [-0.2, -0.15) is 0 Å². The second-order valence-corrected chi connectivity index (χ2v) is 7.15. The van der Waals surface area contributed by atoms with Gasteiger partial charge in [-0.1, -0.05) is 0 Å². The standard InChI is InChI=1S/C20H31N3O4/c1-5-21-19(23-8-6-20(13-23)7-9-27-14-20)22-12-16-17(25-3)10-15(24-2)11-18(16)26-4/h10-11H,5-9,12-14H2,1-4H3,(H,21,22). The van der Waals surface area contributed by atoms with Crippen LogP contribution in [0.5, 0.6) is 17.2 Å². The van der Waals surface area contributed by atoms with Gasteiger partial charge in [0, 0.05) is 43.8 Å². The molecule has 1 aromatic carbocycles. The number of rotatable bonds is 6. The smallest absolute Gasteiger partial charge is 0.194 e. The number of ether oxygens (including phenoxy) is 4. The fourth-order valence-electron chi connectivity index (χ4n) is 3.90. The summed E-state index contributed by atoms with van der Waals surface area (Å²) in [6.45, 7) is 7.13. The lowest BCUT2D eigenvalue weighted by atomic mass is 9.87. The van der Waals surface area contributed by atoms with Gasteiger partial charge in [-0.25, -0.2) is 4.99 Å². The van der Waals surface area contributed by atoms with Gasteiger partial charge in [0.05, 0.1) is 40.0 Å². The highest BCUT2D eigenvalue weighted by atomic mass is 16.5. The van der Waals surface area contributed by atoms with Crippen LogP contribution in [0.2, 0.25) is 0 Å². The first-order chi connectivity index (χ1) is 13.1. The number of hydrogen-bond donors (Lipinski definition) is 1. The van der Waals surface area contributed by atoms with Crippen LogP contribution in [0.15, 0.2) is 17.1 Å². The van der Waals surface area contributed by atoms with E-state index in [1.165, 1.54) is 0 Å². The van der Waals surface area contributed by atoms with Crippen molar-refractivity contribution in [3.05, 3.63) is 17.7 Å². The maximum absolute atomic E-state index is 5.65. The predicted molar refractivity (Wildman–Crippen MR) is 105 cm³/mol. The van der Waals surface area contributed by atoms with E-state index in [1.54, 1.807) is 21.3 Å². The van der Waals surface area contributed by atoms with Crippen LogP contribution in [0.3, 0.4) is 0 Å². The molecule has 2 aliphatic heterocycles. The van der Waals surface area contributed by atoms with Crippen LogP contribution in [-0.2, 0) is 11.3 Å². The second kappa shape index (κ2) is 8.69. The Bertz CT molecular complexity index is 646. The van der Waals surface area contributed by atoms with Crippen molar-refractivity contribution >= 4 is 5.96 Å². The van der Waals surface area contributed by atoms with Crippen molar-refractivity contribution in [1.82, 2.24) is 10.2 Å². The summed E-state index contributed by atoms with van der Waals surface area (Å²) in [7, 11) is 4.93. The predicted octanol–water partition coefficient (Wildman–Crippen LogP) is 2.29. The Morgan fingerprint density at radius 3 is 2.48 bits per heavy atom. The molecular weight excluding hydrogens is 346 g/mol. The summed E-state index contributed by atoms with van der Waals surface area (Å²) < 4.78 is 22.1. The Kier molecular flexibility index (Phi) is 6.31. The minimum atomic E-state index is 0.297. The molecule has 1 unspecified atom stereocenters. The molecule has 0 bridgehead atoms. The van der Waals surface area contributed by atoms with Gasteiger partial charge in [0.1, 0.15) is 17.2 Å². The van der Waals surface area contributed by atoms with Crippen molar-refractivity contribution in [2.45, 2.75) is 26.3 Å². The van der Waals surface area contributed by atoms with Crippen LogP contribution in [0, 0.1) is 5.41 Å². The van der Waals surface area contributed by atoms with Gasteiger partial charge in [-0.3, -0.25) is 0 Å². The highest BCUT2D eigenvalue weighted by molar-refractivity contribution is 5.80. The summed E-state index contributed by atoms with van der Waals surface area (Å²) in [6, 6.07) is 3.72. The Hall–Kier alpha value is -2.15. The van der Waals surface area contributed by atoms with E-state index in [-0.39, 0.29) is 0 Å². The normalized spacial score (nSPS) is 22.4. The van der Waals surface area contributed by atoms with E-state index in [9.17, 15) is 0 Å². The molecule has 7 heteroatoms. The minimum Gasteiger partial charge on any atom is -0.496 e. The lowest BCUT2D eigenvalue weighted by molar-refractivity contribution is 0.156. The van der Waals surface area contributed by atoms with E-state index in [0.717, 1.165) is 57.2 Å². The number of guanidine groups is 1. The van der Waals surface area contributed by atoms with Crippen molar-refractivity contribution in [1.29, 1.82) is 0 Å². The first kappa shape index (κ1) is 19.6. The maximum atomic E-state index is 5.65. The van der Waals surface area contributed by atoms with Crippen LogP contribution in [0.4, 0.5) is 0 Å². The summed E-state index contributed by atoms with van der Waals surface area (Å²) in [5, 5.41) is 3.43. The number of nitrogens with one attached hydrogen (secondary N) is 1. The van der Waals surface area contributed by atoms with E-state index in [0.29, 0.717) is 29.2 Å². The molecule has 0 aromatic heterocycles. The van der Waals surface area contributed by atoms with E-state index in [4.69, 9.17) is 23.9 Å². The van der Waals surface area contributed by atoms with E-state index in [1.807, 2.05) is 12.1 Å². The molecule has 2 saturated heterocycles. The highest BCUT2D eigenvalue weighted by Crippen LogP contribution is 2.38. The molecule has 0 amide bonds. The summed E-state index contributed by atoms with van der Waals surface area (Å²) in [4.78, 5) is 7.23. The quantitative estimate of drug-likeness (QED) is 0.606. The molecule has 2 aliphatic rings. The Balaban J connectivity index is 1.81. The van der Waals surface area contributed by atoms with Crippen LogP contribution in [-0.4, -0.2) is 65.0 Å². The SMILES string of the molecule is CCNC(=NCc1c(OC)cc(OC)cc1OC)N1CCC2(CCOC2)C1. The Labute approximate surface area is 161 Å². The molecule has 150 valence electrons. The lowest BCUT2D eigenvalue weighted by Gasteiger charge is -2.25. The van der Waals surface area contributed by atoms with E-state index >= 15 is 0 Å². The highest BCUT2D eigenvalue weighted by Gasteiger charge is 2.42. The molecule has 7 nitrogen and oxygen atoms in total. The molecule has 1 N–H and O–H groups in total. The third kappa shape index (κ3) is 4.24. The molecule has 2 heterocycles. The molecular formula is C20H31N3O4. The first-order valence-corrected chi connectivity index (χ1v) is 9.54. The van der Waals surface area contributed by atoms with Crippen LogP contribution >= 0.6 is 0 Å². The summed E-state index contributed by atoms with van der Waals surface area (Å²) in [5.74, 6) is 3.06. The molecule has 0 saturated carbocycles. The first-order valence-electron chi connectivity index (χ1n) is 9.54. The molecule has 1 aromatic rings. The third-order valence-corrected chi connectivity index (χ3v) is 5.46. The zero-order valence-electron chi connectivity index (χ0n) is 16.8. The fraction of sp³-hybridized carbons (Fsp3) is 0.650. The lowest BCUT2D eigenvalue weighted by Crippen LogP contribution is -2.41. The van der Waals surface area contributed by atoms with Gasteiger partial charge < -0.3 is 29.2 Å². The maximum Gasteiger partial charge on any atom is 0.194 e. The van der Waals surface area contributed by atoms with Crippen LogP contribution < -0.4 is 19.5 Å². The summed E-state index contributed by atoms with van der Waals surface area (Å²) in [5.41, 5.74) is 1.21. The van der Waals surface area contributed by atoms with Crippen LogP contribution in [0.25, 0.3) is 0 Å². The van der Waals surface area contributed by atoms with E-state index < -0.39 is 0 Å². The molecule has 1 spiro atoms. The van der Waals surface area contributed by atoms with E-state index in [2.05, 4.69) is 17.1 Å². The average molecular weight is 377 g/mol. The molecule has 1 atom stereocenters.